The van der Waals surface area contributed by atoms with Crippen molar-refractivity contribution in [2.24, 2.45) is 0 Å². The number of hydrogen-bond acceptors (Lipinski definition) is 3. The van der Waals surface area contributed by atoms with Crippen LogP contribution in [-0.2, 0) is 0 Å². The quantitative estimate of drug-likeness (QED) is 0.763. The van der Waals surface area contributed by atoms with E-state index in [1.165, 1.54) is 11.3 Å². The molecule has 1 unspecified atom stereocenters. The predicted octanol–water partition coefficient (Wildman–Crippen LogP) is 4.65. The first-order valence-electron chi connectivity index (χ1n) is 6.19. The molecule has 1 aromatic heterocycles. The summed E-state index contributed by atoms with van der Waals surface area (Å²) < 4.78 is 6.08. The highest BCUT2D eigenvalue weighted by Crippen LogP contribution is 2.39. The fraction of sp³-hybridized carbons (Fsp3) is 0.125. The average molecular weight is 305 g/mol. The lowest BCUT2D eigenvalue weighted by molar-refractivity contribution is 0.220. The Morgan fingerprint density at radius 3 is 2.60 bits per heavy atom. The molecule has 0 spiro atoms. The van der Waals surface area contributed by atoms with Crippen molar-refractivity contribution < 1.29 is 9.84 Å². The number of halogens is 1. The van der Waals surface area contributed by atoms with Crippen LogP contribution in [0.3, 0.4) is 0 Å². The molecule has 0 fully saturated rings. The Balaban J connectivity index is 2.22. The van der Waals surface area contributed by atoms with Gasteiger partial charge in [0.25, 0.3) is 0 Å². The Morgan fingerprint density at radius 1 is 1.10 bits per heavy atom. The zero-order chi connectivity index (χ0) is 14.1. The maximum atomic E-state index is 10.7. The van der Waals surface area contributed by atoms with E-state index in [0.717, 1.165) is 21.2 Å². The predicted molar refractivity (Wildman–Crippen MR) is 83.9 cm³/mol. The molecule has 0 bridgehead atoms. The monoisotopic (exact) mass is 304 g/mol. The topological polar surface area (TPSA) is 29.5 Å². The van der Waals surface area contributed by atoms with Crippen LogP contribution in [0, 0.1) is 0 Å². The van der Waals surface area contributed by atoms with Crippen LogP contribution in [0.2, 0.25) is 4.34 Å². The van der Waals surface area contributed by atoms with E-state index in [9.17, 15) is 5.11 Å². The number of methoxy groups -OCH3 is 1. The molecule has 1 atom stereocenters. The number of benzene rings is 2. The van der Waals surface area contributed by atoms with E-state index in [1.807, 2.05) is 42.5 Å². The van der Waals surface area contributed by atoms with Gasteiger partial charge in [-0.15, -0.1) is 11.3 Å². The second-order valence-corrected chi connectivity index (χ2v) is 6.19. The summed E-state index contributed by atoms with van der Waals surface area (Å²) in [5.41, 5.74) is 0.782. The zero-order valence-corrected chi connectivity index (χ0v) is 12.4. The van der Waals surface area contributed by atoms with Crippen molar-refractivity contribution in [3.05, 3.63) is 63.3 Å². The number of hydrogen-bond donors (Lipinski definition) is 1. The molecule has 0 saturated heterocycles. The second-order valence-electron chi connectivity index (χ2n) is 4.45. The molecule has 3 rings (SSSR count). The van der Waals surface area contributed by atoms with Crippen molar-refractivity contribution >= 4 is 33.7 Å². The van der Waals surface area contributed by atoms with Gasteiger partial charge in [0.2, 0.25) is 0 Å². The first-order chi connectivity index (χ1) is 9.70. The number of ether oxygens (including phenoxy) is 1. The average Bonchev–Trinajstić information content (AvgIpc) is 2.92. The smallest absolute Gasteiger partial charge is 0.125 e. The molecule has 0 aliphatic heterocycles. The molecule has 1 heterocycles. The van der Waals surface area contributed by atoms with E-state index in [1.54, 1.807) is 13.2 Å². The van der Waals surface area contributed by atoms with E-state index >= 15 is 0 Å². The highest BCUT2D eigenvalue weighted by molar-refractivity contribution is 7.16. The molecule has 2 aromatic carbocycles. The first-order valence-corrected chi connectivity index (χ1v) is 7.39. The minimum atomic E-state index is -0.742. The van der Waals surface area contributed by atoms with Crippen LogP contribution in [0.25, 0.3) is 10.8 Å². The number of rotatable bonds is 3. The lowest BCUT2D eigenvalue weighted by Crippen LogP contribution is -2.01. The summed E-state index contributed by atoms with van der Waals surface area (Å²) in [6.07, 6.45) is -0.742. The van der Waals surface area contributed by atoms with E-state index in [4.69, 9.17) is 16.3 Å². The van der Waals surface area contributed by atoms with Crippen LogP contribution in [0.5, 0.6) is 5.75 Å². The SMILES string of the molecule is COc1ccc2ccccc2c1C(O)c1ccc(Cl)s1. The number of aliphatic hydroxyl groups is 1. The van der Waals surface area contributed by atoms with Crippen molar-refractivity contribution in [2.75, 3.05) is 7.11 Å². The number of fused-ring (bicyclic) bond motifs is 1. The van der Waals surface area contributed by atoms with Gasteiger partial charge in [-0.25, -0.2) is 0 Å². The third kappa shape index (κ3) is 2.29. The number of thiophene rings is 1. The van der Waals surface area contributed by atoms with Crippen molar-refractivity contribution in [3.8, 4) is 5.75 Å². The number of aliphatic hydroxyl groups excluding tert-OH is 1. The summed E-state index contributed by atoms with van der Waals surface area (Å²) in [6.45, 7) is 0. The third-order valence-electron chi connectivity index (χ3n) is 3.29. The van der Waals surface area contributed by atoms with E-state index in [2.05, 4.69) is 0 Å². The molecule has 3 aromatic rings. The fourth-order valence-corrected chi connectivity index (χ4v) is 3.41. The van der Waals surface area contributed by atoms with Gasteiger partial charge in [-0.2, -0.15) is 0 Å². The van der Waals surface area contributed by atoms with Crippen molar-refractivity contribution in [1.29, 1.82) is 0 Å². The largest absolute Gasteiger partial charge is 0.496 e. The summed E-state index contributed by atoms with van der Waals surface area (Å²) in [6, 6.07) is 15.5. The molecule has 0 saturated carbocycles. The molecular weight excluding hydrogens is 292 g/mol. The van der Waals surface area contributed by atoms with Crippen LogP contribution in [0.15, 0.2) is 48.5 Å². The van der Waals surface area contributed by atoms with Gasteiger partial charge in [0, 0.05) is 10.4 Å². The van der Waals surface area contributed by atoms with Crippen molar-refractivity contribution in [1.82, 2.24) is 0 Å². The summed E-state index contributed by atoms with van der Waals surface area (Å²) in [5, 5.41) is 12.8. The standard InChI is InChI=1S/C16H13ClO2S/c1-19-12-7-6-10-4-2-3-5-11(10)15(12)16(18)13-8-9-14(17)20-13/h2-9,16,18H,1H3. The molecule has 0 amide bonds. The van der Waals surface area contributed by atoms with Gasteiger partial charge < -0.3 is 9.84 Å². The minimum absolute atomic E-state index is 0.665. The van der Waals surface area contributed by atoms with E-state index < -0.39 is 6.10 Å². The Morgan fingerprint density at radius 2 is 1.90 bits per heavy atom. The minimum Gasteiger partial charge on any atom is -0.496 e. The van der Waals surface area contributed by atoms with Gasteiger partial charge >= 0.3 is 0 Å². The lowest BCUT2D eigenvalue weighted by atomic mass is 9.98. The van der Waals surface area contributed by atoms with Gasteiger partial charge in [0.05, 0.1) is 11.4 Å². The highest BCUT2D eigenvalue weighted by atomic mass is 35.5. The Hall–Kier alpha value is -1.55. The molecule has 2 nitrogen and oxygen atoms in total. The van der Waals surface area contributed by atoms with Gasteiger partial charge in [0.1, 0.15) is 11.9 Å². The Bertz CT molecular complexity index is 751. The van der Waals surface area contributed by atoms with Gasteiger partial charge in [-0.05, 0) is 29.0 Å². The zero-order valence-electron chi connectivity index (χ0n) is 10.8. The van der Waals surface area contributed by atoms with Crippen molar-refractivity contribution in [2.45, 2.75) is 6.10 Å². The molecule has 0 aliphatic rings. The first kappa shape index (κ1) is 13.4. The Kier molecular flexibility index (Phi) is 3.66. The van der Waals surface area contributed by atoms with E-state index in [0.29, 0.717) is 10.1 Å². The summed E-state index contributed by atoms with van der Waals surface area (Å²) in [7, 11) is 1.61. The summed E-state index contributed by atoms with van der Waals surface area (Å²) >= 11 is 7.34. The highest BCUT2D eigenvalue weighted by Gasteiger charge is 2.20. The maximum Gasteiger partial charge on any atom is 0.125 e. The van der Waals surface area contributed by atoms with Crippen LogP contribution in [-0.4, -0.2) is 12.2 Å². The molecule has 102 valence electrons. The van der Waals surface area contributed by atoms with Crippen molar-refractivity contribution in [3.63, 3.8) is 0 Å². The normalized spacial score (nSPS) is 12.6. The molecule has 20 heavy (non-hydrogen) atoms. The summed E-state index contributed by atoms with van der Waals surface area (Å²) in [4.78, 5) is 0.810. The molecule has 0 radical (unpaired) electrons. The van der Waals surface area contributed by atoms with Crippen LogP contribution in [0.1, 0.15) is 16.5 Å². The molecule has 4 heteroatoms. The lowest BCUT2D eigenvalue weighted by Gasteiger charge is -2.16. The Labute approximate surface area is 126 Å². The maximum absolute atomic E-state index is 10.7. The van der Waals surface area contributed by atoms with E-state index in [-0.39, 0.29) is 0 Å². The van der Waals surface area contributed by atoms with Gasteiger partial charge in [-0.3, -0.25) is 0 Å². The van der Waals surface area contributed by atoms with Crippen LogP contribution >= 0.6 is 22.9 Å². The fourth-order valence-electron chi connectivity index (χ4n) is 2.35. The van der Waals surface area contributed by atoms with Gasteiger partial charge in [-0.1, -0.05) is 41.9 Å². The van der Waals surface area contributed by atoms with Crippen LogP contribution in [0.4, 0.5) is 0 Å². The molecule has 0 aliphatic carbocycles. The summed E-state index contributed by atoms with van der Waals surface area (Å²) in [5.74, 6) is 0.681. The second kappa shape index (κ2) is 5.44. The van der Waals surface area contributed by atoms with Gasteiger partial charge in [0.15, 0.2) is 0 Å². The molecular formula is C16H13ClO2S. The van der Waals surface area contributed by atoms with Crippen LogP contribution < -0.4 is 4.74 Å². The molecule has 1 N–H and O–H groups in total. The third-order valence-corrected chi connectivity index (χ3v) is 4.57.